The van der Waals surface area contributed by atoms with E-state index in [-0.39, 0.29) is 0 Å². The number of benzene rings is 1. The fraction of sp³-hybridized carbons (Fsp3) is 0.625. The van der Waals surface area contributed by atoms with Crippen molar-refractivity contribution in [2.24, 2.45) is 5.92 Å². The van der Waals surface area contributed by atoms with Gasteiger partial charge in [0.15, 0.2) is 0 Å². The minimum atomic E-state index is 0.939. The van der Waals surface area contributed by atoms with Gasteiger partial charge in [-0.05, 0) is 43.9 Å². The van der Waals surface area contributed by atoms with Gasteiger partial charge in [0.1, 0.15) is 0 Å². The predicted molar refractivity (Wildman–Crippen MR) is 79.3 cm³/mol. The Balaban J connectivity index is 1.68. The average molecular weight is 246 g/mol. The standard InChI is InChI=1S/C16H26N2/c1-14-7-3-6-10-16(14)18(2)12-11-17-13-15-8-4-5-9-15/h3,6-7,10,15,17H,4-5,8-9,11-13H2,1-2H3. The van der Waals surface area contributed by atoms with Gasteiger partial charge in [-0.15, -0.1) is 0 Å². The first-order valence-corrected chi connectivity index (χ1v) is 7.25. The Labute approximate surface area is 111 Å². The van der Waals surface area contributed by atoms with Gasteiger partial charge < -0.3 is 10.2 Å². The van der Waals surface area contributed by atoms with Crippen LogP contribution in [0.3, 0.4) is 0 Å². The van der Waals surface area contributed by atoms with Gasteiger partial charge in [-0.2, -0.15) is 0 Å². The molecule has 0 aromatic heterocycles. The highest BCUT2D eigenvalue weighted by Gasteiger charge is 2.13. The number of likely N-dealkylation sites (N-methyl/N-ethyl adjacent to an activating group) is 1. The first-order chi connectivity index (χ1) is 8.77. The van der Waals surface area contributed by atoms with Crippen LogP contribution in [0.1, 0.15) is 31.2 Å². The SMILES string of the molecule is Cc1ccccc1N(C)CCNCC1CCCC1. The molecule has 18 heavy (non-hydrogen) atoms. The molecule has 0 amide bonds. The fourth-order valence-electron chi connectivity index (χ4n) is 2.88. The summed E-state index contributed by atoms with van der Waals surface area (Å²) in [6.45, 7) is 5.55. The molecular weight excluding hydrogens is 220 g/mol. The zero-order valence-electron chi connectivity index (χ0n) is 11.8. The number of hydrogen-bond donors (Lipinski definition) is 1. The monoisotopic (exact) mass is 246 g/mol. The van der Waals surface area contributed by atoms with Crippen molar-refractivity contribution in [3.8, 4) is 0 Å². The Morgan fingerprint density at radius 2 is 1.94 bits per heavy atom. The number of nitrogens with one attached hydrogen (secondary N) is 1. The molecule has 100 valence electrons. The van der Waals surface area contributed by atoms with Crippen LogP contribution in [0, 0.1) is 12.8 Å². The van der Waals surface area contributed by atoms with E-state index in [0.29, 0.717) is 0 Å². The van der Waals surface area contributed by atoms with E-state index in [1.54, 1.807) is 0 Å². The Bertz CT molecular complexity index is 356. The first kappa shape index (κ1) is 13.4. The molecule has 2 rings (SSSR count). The van der Waals surface area contributed by atoms with Crippen molar-refractivity contribution < 1.29 is 0 Å². The average Bonchev–Trinajstić information content (AvgIpc) is 2.88. The van der Waals surface area contributed by atoms with Crippen LogP contribution >= 0.6 is 0 Å². The Morgan fingerprint density at radius 3 is 2.67 bits per heavy atom. The minimum absolute atomic E-state index is 0.939. The normalized spacial score (nSPS) is 16.1. The summed E-state index contributed by atoms with van der Waals surface area (Å²) in [6.07, 6.45) is 5.74. The molecule has 1 aliphatic carbocycles. The van der Waals surface area contributed by atoms with Gasteiger partial charge in [-0.25, -0.2) is 0 Å². The van der Waals surface area contributed by atoms with Crippen molar-refractivity contribution >= 4 is 5.69 Å². The smallest absolute Gasteiger partial charge is 0.0393 e. The van der Waals surface area contributed by atoms with Crippen molar-refractivity contribution in [3.05, 3.63) is 29.8 Å². The van der Waals surface area contributed by atoms with Gasteiger partial charge in [0.2, 0.25) is 0 Å². The second-order valence-electron chi connectivity index (χ2n) is 5.56. The molecule has 0 spiro atoms. The molecule has 1 aromatic rings. The van der Waals surface area contributed by atoms with Crippen molar-refractivity contribution in [2.75, 3.05) is 31.6 Å². The molecule has 0 unspecified atom stereocenters. The lowest BCUT2D eigenvalue weighted by Gasteiger charge is -2.22. The van der Waals surface area contributed by atoms with E-state index < -0.39 is 0 Å². The molecule has 2 heteroatoms. The van der Waals surface area contributed by atoms with Crippen LogP contribution in [0.4, 0.5) is 5.69 Å². The second kappa shape index (κ2) is 6.79. The molecule has 0 heterocycles. The van der Waals surface area contributed by atoms with Gasteiger partial charge in [-0.3, -0.25) is 0 Å². The van der Waals surface area contributed by atoms with Gasteiger partial charge in [-0.1, -0.05) is 31.0 Å². The number of nitrogens with zero attached hydrogens (tertiary/aromatic N) is 1. The summed E-state index contributed by atoms with van der Waals surface area (Å²) in [5, 5.41) is 3.61. The van der Waals surface area contributed by atoms with Crippen LogP contribution in [-0.2, 0) is 0 Å². The summed E-state index contributed by atoms with van der Waals surface area (Å²) in [4.78, 5) is 2.34. The highest BCUT2D eigenvalue weighted by molar-refractivity contribution is 5.52. The van der Waals surface area contributed by atoms with Crippen LogP contribution in [0.25, 0.3) is 0 Å². The van der Waals surface area contributed by atoms with Crippen molar-refractivity contribution in [2.45, 2.75) is 32.6 Å². The molecule has 1 aromatic carbocycles. The molecule has 0 bridgehead atoms. The zero-order chi connectivity index (χ0) is 12.8. The first-order valence-electron chi connectivity index (χ1n) is 7.25. The molecular formula is C16H26N2. The van der Waals surface area contributed by atoms with Gasteiger partial charge in [0.25, 0.3) is 0 Å². The van der Waals surface area contributed by atoms with E-state index in [0.717, 1.165) is 19.0 Å². The molecule has 1 aliphatic rings. The Hall–Kier alpha value is -1.02. The Kier molecular flexibility index (Phi) is 5.06. The number of anilines is 1. The predicted octanol–water partition coefficient (Wildman–Crippen LogP) is 3.21. The highest BCUT2D eigenvalue weighted by Crippen LogP contribution is 2.23. The molecule has 0 atom stereocenters. The summed E-state index contributed by atoms with van der Waals surface area (Å²) in [6, 6.07) is 8.60. The molecule has 1 saturated carbocycles. The topological polar surface area (TPSA) is 15.3 Å². The summed E-state index contributed by atoms with van der Waals surface area (Å²) < 4.78 is 0. The molecule has 1 fully saturated rings. The van der Waals surface area contributed by atoms with Crippen LogP contribution in [-0.4, -0.2) is 26.7 Å². The lowest BCUT2D eigenvalue weighted by atomic mass is 10.1. The Morgan fingerprint density at radius 1 is 1.22 bits per heavy atom. The third kappa shape index (κ3) is 3.74. The summed E-state index contributed by atoms with van der Waals surface area (Å²) >= 11 is 0. The van der Waals surface area contributed by atoms with Crippen LogP contribution in [0.2, 0.25) is 0 Å². The zero-order valence-corrected chi connectivity index (χ0v) is 11.8. The van der Waals surface area contributed by atoms with Crippen molar-refractivity contribution in [1.29, 1.82) is 0 Å². The summed E-state index contributed by atoms with van der Waals surface area (Å²) in [7, 11) is 2.18. The van der Waals surface area contributed by atoms with E-state index in [1.807, 2.05) is 0 Å². The van der Waals surface area contributed by atoms with E-state index >= 15 is 0 Å². The molecule has 0 aliphatic heterocycles. The number of para-hydroxylation sites is 1. The van der Waals surface area contributed by atoms with Crippen molar-refractivity contribution in [1.82, 2.24) is 5.32 Å². The van der Waals surface area contributed by atoms with Gasteiger partial charge >= 0.3 is 0 Å². The molecule has 1 N–H and O–H groups in total. The molecule has 2 nitrogen and oxygen atoms in total. The van der Waals surface area contributed by atoms with Crippen molar-refractivity contribution in [3.63, 3.8) is 0 Å². The van der Waals surface area contributed by atoms with E-state index in [1.165, 1.54) is 43.5 Å². The lowest BCUT2D eigenvalue weighted by molar-refractivity contribution is 0.492. The largest absolute Gasteiger partial charge is 0.373 e. The molecule has 0 radical (unpaired) electrons. The van der Waals surface area contributed by atoms with Crippen LogP contribution < -0.4 is 10.2 Å². The number of rotatable bonds is 6. The van der Waals surface area contributed by atoms with Crippen LogP contribution in [0.5, 0.6) is 0 Å². The van der Waals surface area contributed by atoms with Crippen LogP contribution in [0.15, 0.2) is 24.3 Å². The van der Waals surface area contributed by atoms with Gasteiger partial charge in [0.05, 0.1) is 0 Å². The highest BCUT2D eigenvalue weighted by atomic mass is 15.1. The lowest BCUT2D eigenvalue weighted by Crippen LogP contribution is -2.31. The minimum Gasteiger partial charge on any atom is -0.373 e. The third-order valence-corrected chi connectivity index (χ3v) is 4.06. The van der Waals surface area contributed by atoms with E-state index in [4.69, 9.17) is 0 Å². The fourth-order valence-corrected chi connectivity index (χ4v) is 2.88. The van der Waals surface area contributed by atoms with E-state index in [2.05, 4.69) is 48.5 Å². The number of hydrogen-bond acceptors (Lipinski definition) is 2. The quantitative estimate of drug-likeness (QED) is 0.775. The summed E-state index contributed by atoms with van der Waals surface area (Å²) in [5.41, 5.74) is 2.70. The summed E-state index contributed by atoms with van der Waals surface area (Å²) in [5.74, 6) is 0.939. The third-order valence-electron chi connectivity index (χ3n) is 4.06. The number of aryl methyl sites for hydroxylation is 1. The maximum Gasteiger partial charge on any atom is 0.0393 e. The maximum absolute atomic E-state index is 3.61. The van der Waals surface area contributed by atoms with Gasteiger partial charge in [0, 0.05) is 25.8 Å². The van der Waals surface area contributed by atoms with E-state index in [9.17, 15) is 0 Å². The second-order valence-corrected chi connectivity index (χ2v) is 5.56. The molecule has 0 saturated heterocycles. The maximum atomic E-state index is 3.61.